The summed E-state index contributed by atoms with van der Waals surface area (Å²) in [6.45, 7) is 2.14. The normalized spacial score (nSPS) is 11.0. The number of carbonyl (C=O) groups is 1. The highest BCUT2D eigenvalue weighted by atomic mass is 19.1. The zero-order chi connectivity index (χ0) is 20.4. The quantitative estimate of drug-likeness (QED) is 0.445. The van der Waals surface area contributed by atoms with Gasteiger partial charge in [-0.05, 0) is 54.4 Å². The second-order valence-corrected chi connectivity index (χ2v) is 6.59. The second-order valence-electron chi connectivity index (χ2n) is 6.59. The summed E-state index contributed by atoms with van der Waals surface area (Å²) >= 11 is 0. The summed E-state index contributed by atoms with van der Waals surface area (Å²) in [6.07, 6.45) is 1.92. The molecule has 0 amide bonds. The number of imidazole rings is 1. The van der Waals surface area contributed by atoms with Crippen molar-refractivity contribution < 1.29 is 18.3 Å². The van der Waals surface area contributed by atoms with Crippen LogP contribution in [-0.4, -0.2) is 22.1 Å². The van der Waals surface area contributed by atoms with E-state index in [0.717, 1.165) is 22.8 Å². The van der Waals surface area contributed by atoms with E-state index in [1.54, 1.807) is 25.4 Å². The van der Waals surface area contributed by atoms with Crippen LogP contribution >= 0.6 is 0 Å². The minimum absolute atomic E-state index is 0.228. The second kappa shape index (κ2) is 7.83. The lowest BCUT2D eigenvalue weighted by Crippen LogP contribution is -2.07. The van der Waals surface area contributed by atoms with Gasteiger partial charge in [-0.15, -0.1) is 0 Å². The number of benzene rings is 3. The monoisotopic (exact) mass is 392 g/mol. The molecule has 0 saturated carbocycles. The number of esters is 1. The van der Waals surface area contributed by atoms with Gasteiger partial charge in [-0.1, -0.05) is 18.2 Å². The maximum absolute atomic E-state index is 14.1. The fourth-order valence-electron chi connectivity index (χ4n) is 3.26. The van der Waals surface area contributed by atoms with Gasteiger partial charge in [-0.25, -0.2) is 13.8 Å². The van der Waals surface area contributed by atoms with E-state index in [1.165, 1.54) is 12.1 Å². The molecule has 0 aliphatic heterocycles. The third-order valence-electron chi connectivity index (χ3n) is 4.66. The maximum atomic E-state index is 14.1. The Morgan fingerprint density at radius 2 is 1.83 bits per heavy atom. The van der Waals surface area contributed by atoms with Crippen LogP contribution in [0.3, 0.4) is 0 Å². The zero-order valence-corrected chi connectivity index (χ0v) is 15.7. The fourth-order valence-corrected chi connectivity index (χ4v) is 3.26. The molecule has 0 bridgehead atoms. The van der Waals surface area contributed by atoms with Gasteiger partial charge in [-0.2, -0.15) is 0 Å². The highest BCUT2D eigenvalue weighted by Crippen LogP contribution is 2.28. The van der Waals surface area contributed by atoms with Gasteiger partial charge in [-0.3, -0.25) is 9.36 Å². The highest BCUT2D eigenvalue weighted by Gasteiger charge is 2.11. The van der Waals surface area contributed by atoms with Crippen molar-refractivity contribution in [3.63, 3.8) is 0 Å². The molecule has 1 heterocycles. The number of aromatic nitrogens is 2. The first kappa shape index (κ1) is 18.8. The average Bonchev–Trinajstić information content (AvgIpc) is 3.12. The Morgan fingerprint density at radius 3 is 2.55 bits per heavy atom. The predicted molar refractivity (Wildman–Crippen MR) is 107 cm³/mol. The lowest BCUT2D eigenvalue weighted by atomic mass is 10.0. The lowest BCUT2D eigenvalue weighted by molar-refractivity contribution is -0.142. The Bertz CT molecular complexity index is 1180. The van der Waals surface area contributed by atoms with E-state index < -0.39 is 11.6 Å². The van der Waals surface area contributed by atoms with Gasteiger partial charge in [0.05, 0.1) is 24.1 Å². The van der Waals surface area contributed by atoms with Crippen molar-refractivity contribution in [2.45, 2.75) is 13.3 Å². The van der Waals surface area contributed by atoms with E-state index in [2.05, 4.69) is 4.98 Å². The summed E-state index contributed by atoms with van der Waals surface area (Å²) in [5.41, 5.74) is 4.26. The Kier molecular flexibility index (Phi) is 5.08. The minimum atomic E-state index is -0.610. The van der Waals surface area contributed by atoms with Crippen LogP contribution in [0.2, 0.25) is 0 Å². The number of rotatable bonds is 5. The van der Waals surface area contributed by atoms with Crippen LogP contribution < -0.4 is 0 Å². The summed E-state index contributed by atoms with van der Waals surface area (Å²) in [7, 11) is 0. The first-order valence-corrected chi connectivity index (χ1v) is 9.22. The molecule has 4 nitrogen and oxygen atoms in total. The molecule has 3 aromatic carbocycles. The van der Waals surface area contributed by atoms with E-state index in [4.69, 9.17) is 4.74 Å². The molecule has 4 rings (SSSR count). The largest absolute Gasteiger partial charge is 0.466 e. The SMILES string of the molecule is CCOC(=O)Cc1ccc(-n2cnc3cc(-c4ccc(F)cc4F)ccc32)cc1. The van der Waals surface area contributed by atoms with Crippen molar-refractivity contribution in [2.75, 3.05) is 6.61 Å². The molecule has 0 saturated heterocycles. The van der Waals surface area contributed by atoms with Gasteiger partial charge in [0, 0.05) is 17.3 Å². The molecule has 4 aromatic rings. The first-order chi connectivity index (χ1) is 14.0. The summed E-state index contributed by atoms with van der Waals surface area (Å²) in [5, 5.41) is 0. The third-order valence-corrected chi connectivity index (χ3v) is 4.66. The smallest absolute Gasteiger partial charge is 0.310 e. The van der Waals surface area contributed by atoms with E-state index in [1.807, 2.05) is 34.9 Å². The molecule has 0 aliphatic carbocycles. The van der Waals surface area contributed by atoms with Crippen molar-refractivity contribution in [3.05, 3.63) is 84.2 Å². The van der Waals surface area contributed by atoms with Crippen LogP contribution in [0.5, 0.6) is 0 Å². The van der Waals surface area contributed by atoms with Gasteiger partial charge in [0.2, 0.25) is 0 Å². The van der Waals surface area contributed by atoms with Crippen molar-refractivity contribution in [3.8, 4) is 16.8 Å². The molecule has 0 radical (unpaired) electrons. The Morgan fingerprint density at radius 1 is 1.03 bits per heavy atom. The van der Waals surface area contributed by atoms with Gasteiger partial charge in [0.1, 0.15) is 18.0 Å². The van der Waals surface area contributed by atoms with Gasteiger partial charge >= 0.3 is 5.97 Å². The van der Waals surface area contributed by atoms with Gasteiger partial charge < -0.3 is 4.74 Å². The molecule has 1 aromatic heterocycles. The van der Waals surface area contributed by atoms with Crippen LogP contribution in [0.25, 0.3) is 27.8 Å². The Labute approximate surface area is 166 Å². The maximum Gasteiger partial charge on any atom is 0.310 e. The number of hydrogen-bond donors (Lipinski definition) is 0. The number of halogens is 2. The van der Waals surface area contributed by atoms with Gasteiger partial charge in [0.15, 0.2) is 0 Å². The van der Waals surface area contributed by atoms with E-state index in [0.29, 0.717) is 23.3 Å². The Balaban J connectivity index is 1.63. The minimum Gasteiger partial charge on any atom is -0.466 e. The van der Waals surface area contributed by atoms with Crippen LogP contribution in [0, 0.1) is 11.6 Å². The van der Waals surface area contributed by atoms with Gasteiger partial charge in [0.25, 0.3) is 0 Å². The number of ether oxygens (including phenoxy) is 1. The van der Waals surface area contributed by atoms with Crippen LogP contribution in [0.15, 0.2) is 67.0 Å². The first-order valence-electron chi connectivity index (χ1n) is 9.22. The number of carbonyl (C=O) groups excluding carboxylic acids is 1. The molecule has 0 aliphatic rings. The van der Waals surface area contributed by atoms with Crippen molar-refractivity contribution in [2.24, 2.45) is 0 Å². The summed E-state index contributed by atoms with van der Waals surface area (Å²) in [6, 6.07) is 16.5. The molecule has 0 fully saturated rings. The molecule has 0 spiro atoms. The summed E-state index contributed by atoms with van der Waals surface area (Å²) in [5.74, 6) is -1.47. The van der Waals surface area contributed by atoms with E-state index in [9.17, 15) is 13.6 Å². The predicted octanol–water partition coefficient (Wildman–Crippen LogP) is 5.08. The number of nitrogens with zero attached hydrogens (tertiary/aromatic N) is 2. The third kappa shape index (κ3) is 3.87. The average molecular weight is 392 g/mol. The fraction of sp³-hybridized carbons (Fsp3) is 0.130. The molecule has 0 atom stereocenters. The van der Waals surface area contributed by atoms with Crippen molar-refractivity contribution >= 4 is 17.0 Å². The molecular weight excluding hydrogens is 374 g/mol. The zero-order valence-electron chi connectivity index (χ0n) is 15.7. The standard InChI is InChI=1S/C23H18F2N2O2/c1-2-29-23(28)11-15-3-7-18(8-4-15)27-14-26-21-12-16(5-10-22(21)27)19-9-6-17(24)13-20(19)25/h3-10,12-14H,2,11H2,1H3. The highest BCUT2D eigenvalue weighted by molar-refractivity contribution is 5.83. The molecule has 146 valence electrons. The van der Waals surface area contributed by atoms with E-state index >= 15 is 0 Å². The van der Waals surface area contributed by atoms with Crippen LogP contribution in [0.4, 0.5) is 8.78 Å². The summed E-state index contributed by atoms with van der Waals surface area (Å²) < 4.78 is 34.1. The summed E-state index contributed by atoms with van der Waals surface area (Å²) in [4.78, 5) is 16.0. The topological polar surface area (TPSA) is 44.1 Å². The molecule has 0 unspecified atom stereocenters. The number of fused-ring (bicyclic) bond motifs is 1. The molecule has 6 heteroatoms. The van der Waals surface area contributed by atoms with Crippen molar-refractivity contribution in [1.82, 2.24) is 9.55 Å². The Hall–Kier alpha value is -3.54. The van der Waals surface area contributed by atoms with Crippen LogP contribution in [-0.2, 0) is 16.0 Å². The molecule has 29 heavy (non-hydrogen) atoms. The number of hydrogen-bond acceptors (Lipinski definition) is 3. The molecule has 0 N–H and O–H groups in total. The lowest BCUT2D eigenvalue weighted by Gasteiger charge is -2.08. The van der Waals surface area contributed by atoms with Crippen LogP contribution in [0.1, 0.15) is 12.5 Å². The van der Waals surface area contributed by atoms with E-state index in [-0.39, 0.29) is 12.4 Å². The van der Waals surface area contributed by atoms with Crippen molar-refractivity contribution in [1.29, 1.82) is 0 Å². The molecular formula is C23H18F2N2O2.